The van der Waals surface area contributed by atoms with Gasteiger partial charge in [-0.1, -0.05) is 24.3 Å². The van der Waals surface area contributed by atoms with Crippen LogP contribution in [0.4, 0.5) is 4.39 Å². The second kappa shape index (κ2) is 9.47. The second-order valence-corrected chi connectivity index (χ2v) is 5.54. The van der Waals surface area contributed by atoms with E-state index in [1.165, 1.54) is 43.3 Å². The molecule has 1 atom stereocenters. The molecule has 0 spiro atoms. The summed E-state index contributed by atoms with van der Waals surface area (Å²) in [5.74, 6) is -3.23. The molecule has 0 saturated heterocycles. The number of hydrogen-bond donors (Lipinski definition) is 0. The molecule has 0 amide bonds. The molecular weight excluding hydrogens is 355 g/mol. The largest absolute Gasteiger partial charge is 0.465 e. The van der Waals surface area contributed by atoms with E-state index in [0.29, 0.717) is 5.56 Å². The summed E-state index contributed by atoms with van der Waals surface area (Å²) in [6.07, 6.45) is 0. The summed E-state index contributed by atoms with van der Waals surface area (Å²) in [5, 5.41) is 0. The maximum absolute atomic E-state index is 13.1. The highest BCUT2D eigenvalue weighted by Crippen LogP contribution is 2.22. The number of halogens is 1. The first-order chi connectivity index (χ1) is 12.9. The Balaban J connectivity index is 2.17. The van der Waals surface area contributed by atoms with Gasteiger partial charge in [0.15, 0.2) is 0 Å². The van der Waals surface area contributed by atoms with Crippen LogP contribution in [0, 0.1) is 5.82 Å². The summed E-state index contributed by atoms with van der Waals surface area (Å²) >= 11 is 0. The smallest absolute Gasteiger partial charge is 0.341 e. The molecule has 2 rings (SSSR count). The minimum absolute atomic E-state index is 0.0504. The molecule has 7 heteroatoms. The predicted molar refractivity (Wildman–Crippen MR) is 93.8 cm³/mol. The van der Waals surface area contributed by atoms with Gasteiger partial charge in [-0.15, -0.1) is 0 Å². The van der Waals surface area contributed by atoms with E-state index in [4.69, 9.17) is 14.2 Å². The molecule has 0 heterocycles. The molecule has 0 fully saturated rings. The van der Waals surface area contributed by atoms with Gasteiger partial charge in [-0.05, 0) is 36.8 Å². The highest BCUT2D eigenvalue weighted by molar-refractivity contribution is 5.93. The van der Waals surface area contributed by atoms with Crippen LogP contribution in [0.15, 0.2) is 48.5 Å². The lowest BCUT2D eigenvalue weighted by molar-refractivity contribution is -0.146. The Morgan fingerprint density at radius 3 is 2.30 bits per heavy atom. The quantitative estimate of drug-likeness (QED) is 0.547. The molecule has 0 aromatic heterocycles. The number of para-hydroxylation sites is 1. The zero-order valence-electron chi connectivity index (χ0n) is 14.9. The third kappa shape index (κ3) is 5.64. The van der Waals surface area contributed by atoms with Gasteiger partial charge < -0.3 is 14.2 Å². The van der Waals surface area contributed by atoms with Crippen LogP contribution in [-0.4, -0.2) is 31.1 Å². The van der Waals surface area contributed by atoms with E-state index in [9.17, 15) is 18.8 Å². The van der Waals surface area contributed by atoms with Crippen molar-refractivity contribution < 1.29 is 33.0 Å². The van der Waals surface area contributed by atoms with Crippen LogP contribution < -0.4 is 4.74 Å². The van der Waals surface area contributed by atoms with E-state index >= 15 is 0 Å². The maximum atomic E-state index is 13.1. The van der Waals surface area contributed by atoms with Crippen LogP contribution >= 0.6 is 0 Å². The Hall–Kier alpha value is -3.22. The van der Waals surface area contributed by atoms with Crippen LogP contribution in [0.3, 0.4) is 0 Å². The fraction of sp³-hybridized carbons (Fsp3) is 0.250. The van der Waals surface area contributed by atoms with Crippen LogP contribution in [0.2, 0.25) is 0 Å². The normalized spacial score (nSPS) is 11.4. The summed E-state index contributed by atoms with van der Waals surface area (Å²) in [6.45, 7) is 2.71. The molecule has 6 nitrogen and oxygen atoms in total. The number of carbonyl (C=O) groups excluding carboxylic acids is 3. The van der Waals surface area contributed by atoms with Crippen LogP contribution in [-0.2, 0) is 19.1 Å². The molecule has 2 aromatic carbocycles. The van der Waals surface area contributed by atoms with E-state index in [1.807, 2.05) is 0 Å². The lowest BCUT2D eigenvalue weighted by atomic mass is 10.00. The van der Waals surface area contributed by atoms with E-state index < -0.39 is 29.6 Å². The number of ether oxygens (including phenoxy) is 3. The summed E-state index contributed by atoms with van der Waals surface area (Å²) in [7, 11) is 0. The first-order valence-corrected chi connectivity index (χ1v) is 8.29. The van der Waals surface area contributed by atoms with Crippen molar-refractivity contribution in [1.82, 2.24) is 0 Å². The highest BCUT2D eigenvalue weighted by atomic mass is 19.1. The number of esters is 3. The zero-order valence-corrected chi connectivity index (χ0v) is 14.9. The van der Waals surface area contributed by atoms with Crippen molar-refractivity contribution in [3.05, 3.63) is 65.5 Å². The van der Waals surface area contributed by atoms with E-state index in [2.05, 4.69) is 0 Å². The first-order valence-electron chi connectivity index (χ1n) is 8.29. The van der Waals surface area contributed by atoms with Gasteiger partial charge in [0.1, 0.15) is 29.7 Å². The molecule has 2 aromatic rings. The lowest BCUT2D eigenvalue weighted by Gasteiger charge is -2.16. The van der Waals surface area contributed by atoms with Gasteiger partial charge >= 0.3 is 17.9 Å². The van der Waals surface area contributed by atoms with Crippen molar-refractivity contribution in [1.29, 1.82) is 0 Å². The van der Waals surface area contributed by atoms with Gasteiger partial charge in [-0.2, -0.15) is 0 Å². The zero-order chi connectivity index (χ0) is 19.8. The van der Waals surface area contributed by atoms with E-state index in [1.54, 1.807) is 19.1 Å². The fourth-order valence-corrected chi connectivity index (χ4v) is 2.35. The average molecular weight is 374 g/mol. The van der Waals surface area contributed by atoms with E-state index in [-0.39, 0.29) is 24.5 Å². The molecule has 0 aliphatic rings. The summed E-state index contributed by atoms with van der Waals surface area (Å²) < 4.78 is 28.4. The van der Waals surface area contributed by atoms with Crippen molar-refractivity contribution in [2.45, 2.75) is 19.8 Å². The third-order valence-corrected chi connectivity index (χ3v) is 3.59. The Kier molecular flexibility index (Phi) is 7.05. The monoisotopic (exact) mass is 374 g/mol. The van der Waals surface area contributed by atoms with Crippen LogP contribution in [0.5, 0.6) is 5.75 Å². The SMILES string of the molecule is CCOC(=O)C(COC(=O)c1ccccc1OC(C)=O)c1ccc(F)cc1. The van der Waals surface area contributed by atoms with Gasteiger partial charge in [0, 0.05) is 6.92 Å². The van der Waals surface area contributed by atoms with Crippen molar-refractivity contribution in [2.24, 2.45) is 0 Å². The van der Waals surface area contributed by atoms with E-state index in [0.717, 1.165) is 0 Å². The van der Waals surface area contributed by atoms with Crippen LogP contribution in [0.25, 0.3) is 0 Å². The maximum Gasteiger partial charge on any atom is 0.341 e. The Bertz CT molecular complexity index is 815. The molecule has 142 valence electrons. The highest BCUT2D eigenvalue weighted by Gasteiger charge is 2.25. The summed E-state index contributed by atoms with van der Waals surface area (Å²) in [5.41, 5.74) is 0.505. The molecule has 0 saturated carbocycles. The number of carbonyl (C=O) groups is 3. The molecule has 0 bridgehead atoms. The first kappa shape index (κ1) is 20.1. The topological polar surface area (TPSA) is 78.9 Å². The molecule has 0 N–H and O–H groups in total. The van der Waals surface area contributed by atoms with Gasteiger partial charge in [0.05, 0.1) is 6.61 Å². The van der Waals surface area contributed by atoms with Gasteiger partial charge in [-0.3, -0.25) is 9.59 Å². The molecule has 0 aliphatic carbocycles. The third-order valence-electron chi connectivity index (χ3n) is 3.59. The van der Waals surface area contributed by atoms with Crippen molar-refractivity contribution in [2.75, 3.05) is 13.2 Å². The number of hydrogen-bond acceptors (Lipinski definition) is 6. The van der Waals surface area contributed by atoms with Gasteiger partial charge in [0.2, 0.25) is 0 Å². The summed E-state index contributed by atoms with van der Waals surface area (Å²) in [4.78, 5) is 35.8. The minimum atomic E-state index is -0.907. The molecule has 0 aliphatic heterocycles. The number of benzene rings is 2. The van der Waals surface area contributed by atoms with Gasteiger partial charge in [-0.25, -0.2) is 9.18 Å². The molecular formula is C20H19FO6. The average Bonchev–Trinajstić information content (AvgIpc) is 2.63. The van der Waals surface area contributed by atoms with Crippen molar-refractivity contribution in [3.8, 4) is 5.75 Å². The minimum Gasteiger partial charge on any atom is -0.465 e. The number of rotatable bonds is 7. The summed E-state index contributed by atoms with van der Waals surface area (Å²) in [6, 6.07) is 11.4. The van der Waals surface area contributed by atoms with Crippen molar-refractivity contribution in [3.63, 3.8) is 0 Å². The Morgan fingerprint density at radius 2 is 1.67 bits per heavy atom. The lowest BCUT2D eigenvalue weighted by Crippen LogP contribution is -2.23. The second-order valence-electron chi connectivity index (χ2n) is 5.54. The standard InChI is InChI=1S/C20H19FO6/c1-3-25-20(24)17(14-8-10-15(21)11-9-14)12-26-19(23)16-6-4-5-7-18(16)27-13(2)22/h4-11,17H,3,12H2,1-2H3. The Morgan fingerprint density at radius 1 is 1.00 bits per heavy atom. The van der Waals surface area contributed by atoms with Crippen LogP contribution in [0.1, 0.15) is 35.7 Å². The molecule has 0 radical (unpaired) electrons. The van der Waals surface area contributed by atoms with Crippen molar-refractivity contribution >= 4 is 17.9 Å². The fourth-order valence-electron chi connectivity index (χ4n) is 2.35. The van der Waals surface area contributed by atoms with Gasteiger partial charge in [0.25, 0.3) is 0 Å². The molecule has 27 heavy (non-hydrogen) atoms. The molecule has 1 unspecified atom stereocenters. The predicted octanol–water partition coefficient (Wildman–Crippen LogP) is 3.25. The Labute approximate surface area is 155 Å².